The van der Waals surface area contributed by atoms with E-state index in [9.17, 15) is 9.90 Å². The lowest BCUT2D eigenvalue weighted by atomic mass is 10.00. The number of carbonyl (C=O) groups is 1. The van der Waals surface area contributed by atoms with Crippen LogP contribution in [0, 0.1) is 0 Å². The lowest BCUT2D eigenvalue weighted by molar-refractivity contribution is -0.136. The number of pyridine rings is 1. The number of aliphatic carboxylic acids is 1. The molecule has 1 aliphatic heterocycles. The third-order valence-electron chi connectivity index (χ3n) is 6.93. The molecule has 0 amide bonds. The highest BCUT2D eigenvalue weighted by atomic mass is 32.2. The Bertz CT molecular complexity index is 1600. The van der Waals surface area contributed by atoms with Crippen LogP contribution in [0.3, 0.4) is 0 Å². The first kappa shape index (κ1) is 25.2. The van der Waals surface area contributed by atoms with Crippen LogP contribution in [0.1, 0.15) is 47.2 Å². The van der Waals surface area contributed by atoms with E-state index in [0.717, 1.165) is 38.3 Å². The fourth-order valence-corrected chi connectivity index (χ4v) is 6.52. The molecular weight excluding hydrogens is 508 g/mol. The fourth-order valence-electron chi connectivity index (χ4n) is 5.17. The molecule has 1 aliphatic rings. The van der Waals surface area contributed by atoms with Gasteiger partial charge >= 0.3 is 5.97 Å². The molecule has 0 fully saturated rings. The molecule has 0 saturated carbocycles. The summed E-state index contributed by atoms with van der Waals surface area (Å²) in [5, 5.41) is 10.8. The first-order valence-electron chi connectivity index (χ1n) is 12.9. The number of nitrogens with one attached hydrogen (secondary N) is 1. The molecule has 0 aliphatic carbocycles. The third-order valence-corrected chi connectivity index (χ3v) is 8.21. The minimum absolute atomic E-state index is 0.0933. The van der Waals surface area contributed by atoms with E-state index < -0.39 is 12.1 Å². The summed E-state index contributed by atoms with van der Waals surface area (Å²) in [6.45, 7) is 2.63. The quantitative estimate of drug-likeness (QED) is 0.209. The highest BCUT2D eigenvalue weighted by Crippen LogP contribution is 2.50. The molecule has 3 unspecified atom stereocenters. The largest absolute Gasteiger partial charge is 0.481 e. The predicted molar refractivity (Wildman–Crippen MR) is 152 cm³/mol. The van der Waals surface area contributed by atoms with Crippen LogP contribution in [-0.4, -0.2) is 26.3 Å². The van der Waals surface area contributed by atoms with Crippen molar-refractivity contribution in [3.8, 4) is 5.75 Å². The van der Waals surface area contributed by atoms with Crippen LogP contribution < -0.4 is 4.74 Å². The van der Waals surface area contributed by atoms with Gasteiger partial charge in [0, 0.05) is 32.8 Å². The summed E-state index contributed by atoms with van der Waals surface area (Å²) in [4.78, 5) is 20.7. The number of thioether (sulfide) groups is 1. The van der Waals surface area contributed by atoms with Crippen LogP contribution in [0.4, 0.5) is 0 Å². The second kappa shape index (κ2) is 11.0. The van der Waals surface area contributed by atoms with Crippen molar-refractivity contribution < 1.29 is 19.4 Å². The zero-order valence-corrected chi connectivity index (χ0v) is 22.2. The van der Waals surface area contributed by atoms with E-state index >= 15 is 0 Å². The van der Waals surface area contributed by atoms with Gasteiger partial charge in [0.2, 0.25) is 0 Å². The molecule has 3 heterocycles. The van der Waals surface area contributed by atoms with Crippen molar-refractivity contribution >= 4 is 28.6 Å². The highest BCUT2D eigenvalue weighted by Gasteiger charge is 2.35. The van der Waals surface area contributed by atoms with Gasteiger partial charge in [-0.25, -0.2) is 0 Å². The minimum atomic E-state index is -0.895. The average molecular weight is 537 g/mol. The van der Waals surface area contributed by atoms with Crippen LogP contribution in [-0.2, 0) is 22.6 Å². The molecule has 2 aromatic heterocycles. The van der Waals surface area contributed by atoms with Crippen LogP contribution >= 0.6 is 11.8 Å². The molecule has 5 aromatic rings. The number of aromatic nitrogens is 2. The molecule has 0 bridgehead atoms. The second-order valence-corrected chi connectivity index (χ2v) is 11.0. The van der Waals surface area contributed by atoms with Crippen molar-refractivity contribution in [2.75, 3.05) is 0 Å². The van der Waals surface area contributed by atoms with Gasteiger partial charge in [0.1, 0.15) is 5.75 Å². The summed E-state index contributed by atoms with van der Waals surface area (Å²) in [7, 11) is 0. The number of benzene rings is 3. The molecular formula is C32H28N2O4S. The lowest BCUT2D eigenvalue weighted by Crippen LogP contribution is -2.20. The molecule has 0 spiro atoms. The van der Waals surface area contributed by atoms with Gasteiger partial charge in [0.05, 0.1) is 30.5 Å². The van der Waals surface area contributed by atoms with Gasteiger partial charge < -0.3 is 19.6 Å². The molecule has 7 heteroatoms. The molecule has 0 saturated heterocycles. The summed E-state index contributed by atoms with van der Waals surface area (Å²) in [5.74, 6) is -0.334. The Morgan fingerprint density at radius 2 is 1.79 bits per heavy atom. The van der Waals surface area contributed by atoms with Crippen molar-refractivity contribution in [3.63, 3.8) is 0 Å². The van der Waals surface area contributed by atoms with Crippen molar-refractivity contribution in [1.82, 2.24) is 9.97 Å². The molecule has 3 atom stereocenters. The fraction of sp³-hybridized carbons (Fsp3) is 0.188. The van der Waals surface area contributed by atoms with Crippen molar-refractivity contribution in [2.24, 2.45) is 0 Å². The Kier molecular flexibility index (Phi) is 7.09. The van der Waals surface area contributed by atoms with E-state index in [1.165, 1.54) is 0 Å². The highest BCUT2D eigenvalue weighted by molar-refractivity contribution is 8.00. The molecule has 0 radical (unpaired) electrons. The van der Waals surface area contributed by atoms with Crippen molar-refractivity contribution in [1.29, 1.82) is 0 Å². The molecule has 6 nitrogen and oxygen atoms in total. The lowest BCUT2D eigenvalue weighted by Gasteiger charge is -2.30. The van der Waals surface area contributed by atoms with Crippen LogP contribution in [0.5, 0.6) is 5.75 Å². The normalized spacial score (nSPS) is 17.2. The number of ether oxygens (including phenoxy) is 2. The molecule has 39 heavy (non-hydrogen) atoms. The summed E-state index contributed by atoms with van der Waals surface area (Å²) in [5.41, 5.74) is 5.64. The van der Waals surface area contributed by atoms with Crippen molar-refractivity contribution in [3.05, 3.63) is 125 Å². The Morgan fingerprint density at radius 3 is 2.59 bits per heavy atom. The summed E-state index contributed by atoms with van der Waals surface area (Å²) in [6, 6.07) is 29.5. The number of carboxylic acids is 1. The molecule has 2 N–H and O–H groups in total. The first-order chi connectivity index (χ1) is 19.1. The molecule has 6 rings (SSSR count). The maximum atomic E-state index is 11.5. The number of para-hydroxylation sites is 1. The predicted octanol–water partition coefficient (Wildman–Crippen LogP) is 7.11. The van der Waals surface area contributed by atoms with E-state index in [-0.39, 0.29) is 17.8 Å². The van der Waals surface area contributed by atoms with Gasteiger partial charge in [0.15, 0.2) is 6.10 Å². The van der Waals surface area contributed by atoms with E-state index in [1.807, 2.05) is 66.7 Å². The number of carboxylic acid groups (broad SMARTS) is 1. The number of rotatable bonds is 9. The van der Waals surface area contributed by atoms with Crippen LogP contribution in [0.2, 0.25) is 0 Å². The molecule has 3 aromatic carbocycles. The summed E-state index contributed by atoms with van der Waals surface area (Å²) >= 11 is 1.78. The second-order valence-electron chi connectivity index (χ2n) is 9.60. The first-order valence-corrected chi connectivity index (χ1v) is 13.8. The van der Waals surface area contributed by atoms with Gasteiger partial charge in [-0.2, -0.15) is 0 Å². The zero-order chi connectivity index (χ0) is 26.8. The number of H-pyrrole nitrogens is 1. The Hall–Kier alpha value is -4.07. The van der Waals surface area contributed by atoms with Gasteiger partial charge in [0.25, 0.3) is 0 Å². The summed E-state index contributed by atoms with van der Waals surface area (Å²) in [6.07, 6.45) is 1.13. The number of nitrogens with zero attached hydrogens (tertiary/aromatic N) is 1. The Morgan fingerprint density at radius 1 is 1.00 bits per heavy atom. The van der Waals surface area contributed by atoms with E-state index in [4.69, 9.17) is 9.47 Å². The van der Waals surface area contributed by atoms with Gasteiger partial charge in [-0.05, 0) is 35.4 Å². The monoisotopic (exact) mass is 536 g/mol. The third kappa shape index (κ3) is 5.15. The Balaban J connectivity index is 1.42. The summed E-state index contributed by atoms with van der Waals surface area (Å²) < 4.78 is 13.1. The minimum Gasteiger partial charge on any atom is -0.481 e. The van der Waals surface area contributed by atoms with Crippen LogP contribution in [0.25, 0.3) is 10.9 Å². The Labute approximate surface area is 231 Å². The molecule has 196 valence electrons. The van der Waals surface area contributed by atoms with E-state index in [1.54, 1.807) is 24.0 Å². The van der Waals surface area contributed by atoms with Crippen molar-refractivity contribution in [2.45, 2.75) is 42.3 Å². The van der Waals surface area contributed by atoms with E-state index in [0.29, 0.717) is 17.9 Å². The van der Waals surface area contributed by atoms with Crippen LogP contribution in [0.15, 0.2) is 102 Å². The number of hydrogen-bond donors (Lipinski definition) is 2. The maximum Gasteiger partial charge on any atom is 0.307 e. The SMILES string of the molecule is CC1Sc2c(C(Oc3ccccc3CC(=O)O)c3ccccc3)[nH]c3cccc(c23)C1OCc1ccccn1. The van der Waals surface area contributed by atoms with Gasteiger partial charge in [-0.1, -0.05) is 73.7 Å². The maximum absolute atomic E-state index is 11.5. The zero-order valence-electron chi connectivity index (χ0n) is 21.4. The van der Waals surface area contributed by atoms with Gasteiger partial charge in [-0.15, -0.1) is 11.8 Å². The number of aromatic amines is 1. The van der Waals surface area contributed by atoms with Gasteiger partial charge in [-0.3, -0.25) is 9.78 Å². The standard InChI is InChI=1S/C32H28N2O4S/c1-20-30(37-19-23-13-7-8-17-33-23)24-14-9-15-25-28(24)32(39-20)29(34-25)31(21-10-3-2-4-11-21)38-26-16-6-5-12-22(26)18-27(35)36/h2-17,20,30-31,34H,18-19H2,1H3,(H,35,36). The topological polar surface area (TPSA) is 84.4 Å². The smallest absolute Gasteiger partial charge is 0.307 e. The average Bonchev–Trinajstić information content (AvgIpc) is 3.32. The number of hydrogen-bond acceptors (Lipinski definition) is 5. The van der Waals surface area contributed by atoms with E-state index in [2.05, 4.69) is 35.1 Å².